The van der Waals surface area contributed by atoms with E-state index in [1.54, 1.807) is 30.3 Å². The zero-order chi connectivity index (χ0) is 19.2. The van der Waals surface area contributed by atoms with Gasteiger partial charge in [-0.05, 0) is 30.3 Å². The lowest BCUT2D eigenvalue weighted by Crippen LogP contribution is -2.45. The third-order valence-electron chi connectivity index (χ3n) is 5.02. The first-order valence-electron chi connectivity index (χ1n) is 8.50. The molecule has 0 N–H and O–H groups in total. The van der Waals surface area contributed by atoms with Crippen LogP contribution < -0.4 is 9.47 Å². The second kappa shape index (κ2) is 6.51. The largest absolute Gasteiger partial charge is 0.495 e. The first-order valence-corrected chi connectivity index (χ1v) is 10.3. The minimum absolute atomic E-state index is 0.0112. The average molecular weight is 408 g/mol. The maximum atomic E-state index is 13.2. The Bertz CT molecular complexity index is 1020. The molecular formula is C19H18ClNO5S. The van der Waals surface area contributed by atoms with Crippen molar-refractivity contribution in [1.82, 2.24) is 4.31 Å². The van der Waals surface area contributed by atoms with Gasteiger partial charge in [0.15, 0.2) is 5.78 Å². The van der Waals surface area contributed by atoms with Crippen LogP contribution in [0, 0.1) is 0 Å². The number of ketones is 1. The number of sulfonamides is 1. The highest BCUT2D eigenvalue weighted by Crippen LogP contribution is 2.41. The molecule has 4 rings (SSSR count). The number of nitrogens with zero attached hydrogens (tertiary/aromatic N) is 1. The minimum atomic E-state index is -3.84. The molecule has 0 aromatic heterocycles. The highest BCUT2D eigenvalue weighted by Gasteiger charge is 2.49. The van der Waals surface area contributed by atoms with E-state index in [1.807, 2.05) is 0 Å². The summed E-state index contributed by atoms with van der Waals surface area (Å²) in [4.78, 5) is 12.5. The quantitative estimate of drug-likeness (QED) is 0.781. The number of carbonyl (C=O) groups excluding carboxylic acids is 1. The lowest BCUT2D eigenvalue weighted by molar-refractivity contribution is 0.0498. The molecule has 0 bridgehead atoms. The van der Waals surface area contributed by atoms with Crippen LogP contribution in [0.25, 0.3) is 0 Å². The highest BCUT2D eigenvalue weighted by molar-refractivity contribution is 7.89. The van der Waals surface area contributed by atoms with Gasteiger partial charge in [0.2, 0.25) is 10.0 Å². The summed E-state index contributed by atoms with van der Waals surface area (Å²) in [5.41, 5.74) is -0.300. The number of para-hydroxylation sites is 1. The SMILES string of the molecule is COc1ccc(Cl)cc1S(=O)(=O)N1CCC2(CC(=O)c3ccccc3O2)C1. The summed E-state index contributed by atoms with van der Waals surface area (Å²) in [7, 11) is -2.43. The molecular weight excluding hydrogens is 390 g/mol. The van der Waals surface area contributed by atoms with Crippen molar-refractivity contribution in [3.8, 4) is 11.5 Å². The van der Waals surface area contributed by atoms with E-state index >= 15 is 0 Å². The Morgan fingerprint density at radius 1 is 1.22 bits per heavy atom. The number of Topliss-reactive ketones (excluding diaryl/α,β-unsaturated/α-hetero) is 1. The number of ether oxygens (including phenoxy) is 2. The monoisotopic (exact) mass is 407 g/mol. The van der Waals surface area contributed by atoms with Crippen LogP contribution in [0.15, 0.2) is 47.4 Å². The fourth-order valence-corrected chi connectivity index (χ4v) is 5.61. The average Bonchev–Trinajstić information content (AvgIpc) is 3.05. The maximum Gasteiger partial charge on any atom is 0.246 e. The van der Waals surface area contributed by atoms with Crippen molar-refractivity contribution in [2.75, 3.05) is 20.2 Å². The molecule has 2 aliphatic rings. The topological polar surface area (TPSA) is 72.9 Å². The number of carbonyl (C=O) groups is 1. The van der Waals surface area contributed by atoms with Gasteiger partial charge >= 0.3 is 0 Å². The third-order valence-corrected chi connectivity index (χ3v) is 7.12. The molecule has 0 radical (unpaired) electrons. The van der Waals surface area contributed by atoms with Crippen molar-refractivity contribution >= 4 is 27.4 Å². The Morgan fingerprint density at radius 2 is 2.00 bits per heavy atom. The van der Waals surface area contributed by atoms with Gasteiger partial charge in [0.1, 0.15) is 22.0 Å². The lowest BCUT2D eigenvalue weighted by Gasteiger charge is -2.34. The summed E-state index contributed by atoms with van der Waals surface area (Å²) in [6.07, 6.45) is 0.595. The Morgan fingerprint density at radius 3 is 2.78 bits per heavy atom. The van der Waals surface area contributed by atoms with Crippen LogP contribution in [0.1, 0.15) is 23.2 Å². The third kappa shape index (κ3) is 3.09. The van der Waals surface area contributed by atoms with E-state index in [0.29, 0.717) is 22.8 Å². The zero-order valence-corrected chi connectivity index (χ0v) is 16.2. The Hall–Kier alpha value is -2.09. The molecule has 1 spiro atoms. The molecule has 2 heterocycles. The predicted molar refractivity (Wildman–Crippen MR) is 100 cm³/mol. The van der Waals surface area contributed by atoms with Crippen molar-refractivity contribution < 1.29 is 22.7 Å². The fourth-order valence-electron chi connectivity index (χ4n) is 3.68. The normalized spacial score (nSPS) is 22.5. The number of fused-ring (bicyclic) bond motifs is 1. The number of hydrogen-bond acceptors (Lipinski definition) is 5. The molecule has 1 fully saturated rings. The van der Waals surface area contributed by atoms with E-state index in [9.17, 15) is 13.2 Å². The molecule has 0 aliphatic carbocycles. The number of rotatable bonds is 3. The Balaban J connectivity index is 1.65. The van der Waals surface area contributed by atoms with Crippen molar-refractivity contribution in [2.24, 2.45) is 0 Å². The van der Waals surface area contributed by atoms with Crippen molar-refractivity contribution in [3.05, 3.63) is 53.1 Å². The molecule has 2 aliphatic heterocycles. The fraction of sp³-hybridized carbons (Fsp3) is 0.316. The molecule has 27 heavy (non-hydrogen) atoms. The summed E-state index contributed by atoms with van der Waals surface area (Å²) >= 11 is 6.00. The van der Waals surface area contributed by atoms with E-state index in [-0.39, 0.29) is 35.9 Å². The minimum Gasteiger partial charge on any atom is -0.495 e. The highest BCUT2D eigenvalue weighted by atomic mass is 35.5. The first kappa shape index (κ1) is 18.3. The van der Waals surface area contributed by atoms with Crippen LogP contribution in [0.4, 0.5) is 0 Å². The zero-order valence-electron chi connectivity index (χ0n) is 14.6. The summed E-state index contributed by atoms with van der Waals surface area (Å²) < 4.78 is 39.0. The molecule has 1 atom stereocenters. The van der Waals surface area contributed by atoms with E-state index in [2.05, 4.69) is 0 Å². The van der Waals surface area contributed by atoms with Crippen LogP contribution in [0.3, 0.4) is 0 Å². The molecule has 0 amide bonds. The van der Waals surface area contributed by atoms with E-state index in [1.165, 1.54) is 23.5 Å². The molecule has 2 aromatic rings. The van der Waals surface area contributed by atoms with E-state index < -0.39 is 15.6 Å². The smallest absolute Gasteiger partial charge is 0.246 e. The van der Waals surface area contributed by atoms with Gasteiger partial charge in [-0.1, -0.05) is 23.7 Å². The number of benzene rings is 2. The predicted octanol–water partition coefficient (Wildman–Crippen LogP) is 3.15. The Kier molecular flexibility index (Phi) is 4.41. The van der Waals surface area contributed by atoms with Gasteiger partial charge in [0.05, 0.1) is 25.6 Å². The standard InChI is InChI=1S/C19H18ClNO5S/c1-25-17-7-6-13(20)10-18(17)27(23,24)21-9-8-19(12-21)11-15(22)14-4-2-3-5-16(14)26-19/h2-7,10H,8-9,11-12H2,1H3. The lowest BCUT2D eigenvalue weighted by atomic mass is 9.89. The van der Waals surface area contributed by atoms with Crippen molar-refractivity contribution in [3.63, 3.8) is 0 Å². The molecule has 1 unspecified atom stereocenters. The first-order chi connectivity index (χ1) is 12.8. The van der Waals surface area contributed by atoms with Crippen LogP contribution in [0.2, 0.25) is 5.02 Å². The van der Waals surface area contributed by atoms with Gasteiger partial charge in [0.25, 0.3) is 0 Å². The van der Waals surface area contributed by atoms with Crippen LogP contribution in [-0.4, -0.2) is 44.3 Å². The van der Waals surface area contributed by atoms with Gasteiger partial charge in [-0.2, -0.15) is 4.31 Å². The molecule has 1 saturated heterocycles. The summed E-state index contributed by atoms with van der Waals surface area (Å²) in [5, 5.41) is 0.307. The van der Waals surface area contributed by atoms with Gasteiger partial charge < -0.3 is 9.47 Å². The second-order valence-corrected chi connectivity index (χ2v) is 9.11. The van der Waals surface area contributed by atoms with Gasteiger partial charge in [-0.15, -0.1) is 0 Å². The van der Waals surface area contributed by atoms with E-state index in [0.717, 1.165) is 0 Å². The summed E-state index contributed by atoms with van der Waals surface area (Å²) in [6, 6.07) is 11.5. The summed E-state index contributed by atoms with van der Waals surface area (Å²) in [6.45, 7) is 0.360. The van der Waals surface area contributed by atoms with E-state index in [4.69, 9.17) is 21.1 Å². The Labute approximate surface area is 162 Å². The maximum absolute atomic E-state index is 13.2. The summed E-state index contributed by atoms with van der Waals surface area (Å²) in [5.74, 6) is 0.705. The molecule has 2 aromatic carbocycles. The van der Waals surface area contributed by atoms with Gasteiger partial charge in [-0.3, -0.25) is 4.79 Å². The number of methoxy groups -OCH3 is 1. The van der Waals surface area contributed by atoms with Crippen LogP contribution in [0.5, 0.6) is 11.5 Å². The van der Waals surface area contributed by atoms with Gasteiger partial charge in [-0.25, -0.2) is 8.42 Å². The molecule has 142 valence electrons. The van der Waals surface area contributed by atoms with Crippen molar-refractivity contribution in [2.45, 2.75) is 23.3 Å². The molecule has 0 saturated carbocycles. The molecule has 6 nitrogen and oxygen atoms in total. The van der Waals surface area contributed by atoms with Gasteiger partial charge in [0, 0.05) is 18.0 Å². The second-order valence-electron chi connectivity index (χ2n) is 6.76. The number of halogens is 1. The van der Waals surface area contributed by atoms with Crippen molar-refractivity contribution in [1.29, 1.82) is 0 Å². The number of hydrogen-bond donors (Lipinski definition) is 0. The van der Waals surface area contributed by atoms with Crippen LogP contribution >= 0.6 is 11.6 Å². The molecule has 8 heteroatoms. The van der Waals surface area contributed by atoms with Crippen LogP contribution in [-0.2, 0) is 10.0 Å².